The van der Waals surface area contributed by atoms with E-state index in [0.717, 1.165) is 36.9 Å². The van der Waals surface area contributed by atoms with Crippen LogP contribution in [-0.2, 0) is 0 Å². The van der Waals surface area contributed by atoms with E-state index in [1.807, 2.05) is 0 Å². The first-order valence-corrected chi connectivity index (χ1v) is 6.66. The van der Waals surface area contributed by atoms with E-state index in [1.165, 1.54) is 31.4 Å². The summed E-state index contributed by atoms with van der Waals surface area (Å²) in [7, 11) is 0. The average molecular weight is 217 g/mol. The second-order valence-electron chi connectivity index (χ2n) is 5.75. The summed E-state index contributed by atoms with van der Waals surface area (Å²) in [6.07, 6.45) is 9.98. The van der Waals surface area contributed by atoms with Crippen LogP contribution in [0.5, 0.6) is 0 Å². The van der Waals surface area contributed by atoms with Crippen LogP contribution in [0.3, 0.4) is 0 Å². The van der Waals surface area contributed by atoms with Crippen LogP contribution in [0.25, 0.3) is 0 Å². The van der Waals surface area contributed by atoms with E-state index in [4.69, 9.17) is 0 Å². The van der Waals surface area contributed by atoms with E-state index < -0.39 is 0 Å². The first-order chi connectivity index (χ1) is 7.93. The molecule has 3 aliphatic rings. The van der Waals surface area contributed by atoms with E-state index in [1.54, 1.807) is 0 Å². The molecule has 4 rings (SSSR count). The van der Waals surface area contributed by atoms with Crippen LogP contribution in [0.15, 0.2) is 12.5 Å². The smallest absolute Gasteiger partial charge is 0.0951 e. The summed E-state index contributed by atoms with van der Waals surface area (Å²) < 4.78 is 2.53. The number of nitrogens with zero attached hydrogens (tertiary/aromatic N) is 2. The standard InChI is InChI=1S/C13H19N3/c1-2-9(1)13(10-3-4-10)16-8-15-7-12(16)11-5-14-6-11/h7-11,13-14H,1-6H2. The van der Waals surface area contributed by atoms with Crippen molar-refractivity contribution >= 4 is 0 Å². The van der Waals surface area contributed by atoms with Crippen molar-refractivity contribution in [2.75, 3.05) is 13.1 Å². The van der Waals surface area contributed by atoms with Gasteiger partial charge in [-0.25, -0.2) is 4.98 Å². The molecule has 0 spiro atoms. The van der Waals surface area contributed by atoms with Gasteiger partial charge in [-0.3, -0.25) is 0 Å². The Hall–Kier alpha value is -0.830. The van der Waals surface area contributed by atoms with Crippen LogP contribution in [-0.4, -0.2) is 22.6 Å². The molecule has 2 heterocycles. The summed E-state index contributed by atoms with van der Waals surface area (Å²) in [5, 5.41) is 3.36. The van der Waals surface area contributed by atoms with Crippen molar-refractivity contribution in [3.63, 3.8) is 0 Å². The highest BCUT2D eigenvalue weighted by Gasteiger charge is 2.43. The lowest BCUT2D eigenvalue weighted by atomic mass is 9.98. The molecular formula is C13H19N3. The van der Waals surface area contributed by atoms with Gasteiger partial charge in [0.2, 0.25) is 0 Å². The minimum absolute atomic E-state index is 0.725. The maximum absolute atomic E-state index is 4.40. The summed E-state index contributed by atoms with van der Waals surface area (Å²) >= 11 is 0. The number of nitrogens with one attached hydrogen (secondary N) is 1. The third-order valence-corrected chi connectivity index (χ3v) is 4.43. The maximum Gasteiger partial charge on any atom is 0.0951 e. The van der Waals surface area contributed by atoms with Crippen LogP contribution < -0.4 is 5.32 Å². The Morgan fingerprint density at radius 1 is 1.19 bits per heavy atom. The topological polar surface area (TPSA) is 29.9 Å². The third-order valence-electron chi connectivity index (χ3n) is 4.43. The second-order valence-corrected chi connectivity index (χ2v) is 5.75. The van der Waals surface area contributed by atoms with Gasteiger partial charge in [-0.2, -0.15) is 0 Å². The van der Waals surface area contributed by atoms with Crippen LogP contribution in [0.4, 0.5) is 0 Å². The molecule has 1 N–H and O–H groups in total. The van der Waals surface area contributed by atoms with Gasteiger partial charge in [0, 0.05) is 36.9 Å². The number of imidazole rings is 1. The van der Waals surface area contributed by atoms with Gasteiger partial charge in [-0.05, 0) is 37.5 Å². The summed E-state index contributed by atoms with van der Waals surface area (Å²) in [6.45, 7) is 2.29. The normalized spacial score (nSPS) is 26.1. The van der Waals surface area contributed by atoms with Gasteiger partial charge in [0.1, 0.15) is 0 Å². The van der Waals surface area contributed by atoms with E-state index in [2.05, 4.69) is 27.4 Å². The summed E-state index contributed by atoms with van der Waals surface area (Å²) in [5.74, 6) is 2.66. The van der Waals surface area contributed by atoms with Gasteiger partial charge in [0.05, 0.1) is 6.33 Å². The lowest BCUT2D eigenvalue weighted by Gasteiger charge is -2.30. The molecule has 0 bridgehead atoms. The molecule has 1 aliphatic heterocycles. The molecule has 3 fully saturated rings. The third kappa shape index (κ3) is 1.41. The highest BCUT2D eigenvalue weighted by atomic mass is 15.1. The fourth-order valence-electron chi connectivity index (χ4n) is 3.09. The van der Waals surface area contributed by atoms with E-state index in [9.17, 15) is 0 Å². The molecule has 3 heteroatoms. The Morgan fingerprint density at radius 2 is 1.88 bits per heavy atom. The molecule has 2 saturated carbocycles. The van der Waals surface area contributed by atoms with Gasteiger partial charge in [-0.1, -0.05) is 0 Å². The number of hydrogen-bond acceptors (Lipinski definition) is 2. The Balaban J connectivity index is 1.65. The van der Waals surface area contributed by atoms with Crippen molar-refractivity contribution in [3.8, 4) is 0 Å². The monoisotopic (exact) mass is 217 g/mol. The van der Waals surface area contributed by atoms with Crippen LogP contribution in [0.1, 0.15) is 43.3 Å². The zero-order valence-electron chi connectivity index (χ0n) is 9.60. The van der Waals surface area contributed by atoms with Crippen molar-refractivity contribution in [1.82, 2.24) is 14.9 Å². The van der Waals surface area contributed by atoms with Crippen molar-refractivity contribution in [2.45, 2.75) is 37.6 Å². The highest BCUT2D eigenvalue weighted by molar-refractivity contribution is 5.14. The molecule has 3 nitrogen and oxygen atoms in total. The van der Waals surface area contributed by atoms with Gasteiger partial charge >= 0.3 is 0 Å². The largest absolute Gasteiger partial charge is 0.331 e. The molecule has 0 unspecified atom stereocenters. The number of rotatable bonds is 4. The van der Waals surface area contributed by atoms with Gasteiger partial charge < -0.3 is 9.88 Å². The van der Waals surface area contributed by atoms with Crippen molar-refractivity contribution in [2.24, 2.45) is 11.8 Å². The Labute approximate surface area is 96.3 Å². The van der Waals surface area contributed by atoms with E-state index in [-0.39, 0.29) is 0 Å². The Kier molecular flexibility index (Phi) is 1.92. The molecule has 2 aliphatic carbocycles. The first-order valence-electron chi connectivity index (χ1n) is 6.66. The SMILES string of the molecule is c1ncn(C(C2CC2)C2CC2)c1C1CNC1. The first kappa shape index (κ1) is 9.23. The molecule has 0 amide bonds. The van der Waals surface area contributed by atoms with Gasteiger partial charge in [-0.15, -0.1) is 0 Å². The summed E-state index contributed by atoms with van der Waals surface area (Å²) in [5.41, 5.74) is 1.49. The fourth-order valence-corrected chi connectivity index (χ4v) is 3.09. The Morgan fingerprint density at radius 3 is 2.38 bits per heavy atom. The lowest BCUT2D eigenvalue weighted by molar-refractivity contribution is 0.352. The van der Waals surface area contributed by atoms with Crippen LogP contribution in [0.2, 0.25) is 0 Å². The molecule has 0 radical (unpaired) electrons. The zero-order valence-corrected chi connectivity index (χ0v) is 9.60. The van der Waals surface area contributed by atoms with Crippen molar-refractivity contribution in [3.05, 3.63) is 18.2 Å². The predicted octanol–water partition coefficient (Wildman–Crippen LogP) is 1.93. The fraction of sp³-hybridized carbons (Fsp3) is 0.769. The van der Waals surface area contributed by atoms with E-state index >= 15 is 0 Å². The molecular weight excluding hydrogens is 198 g/mol. The molecule has 86 valence electrons. The quantitative estimate of drug-likeness (QED) is 0.835. The minimum Gasteiger partial charge on any atom is -0.331 e. The molecule has 1 saturated heterocycles. The molecule has 0 aromatic carbocycles. The van der Waals surface area contributed by atoms with Gasteiger partial charge in [0.25, 0.3) is 0 Å². The minimum atomic E-state index is 0.725. The molecule has 1 aromatic heterocycles. The number of hydrogen-bond donors (Lipinski definition) is 1. The summed E-state index contributed by atoms with van der Waals surface area (Å²) in [6, 6.07) is 0.790. The van der Waals surface area contributed by atoms with E-state index in [0.29, 0.717) is 0 Å². The highest BCUT2D eigenvalue weighted by Crippen LogP contribution is 2.52. The molecule has 0 atom stereocenters. The van der Waals surface area contributed by atoms with Gasteiger partial charge in [0.15, 0.2) is 0 Å². The predicted molar refractivity (Wildman–Crippen MR) is 62.3 cm³/mol. The molecule has 16 heavy (non-hydrogen) atoms. The number of aromatic nitrogens is 2. The van der Waals surface area contributed by atoms with Crippen molar-refractivity contribution < 1.29 is 0 Å². The zero-order chi connectivity index (χ0) is 10.5. The average Bonchev–Trinajstić information content (AvgIpc) is 3.07. The van der Waals surface area contributed by atoms with Crippen LogP contribution in [0, 0.1) is 11.8 Å². The second kappa shape index (κ2) is 3.33. The van der Waals surface area contributed by atoms with Crippen LogP contribution >= 0.6 is 0 Å². The van der Waals surface area contributed by atoms with Crippen molar-refractivity contribution in [1.29, 1.82) is 0 Å². The maximum atomic E-state index is 4.40. The lowest BCUT2D eigenvalue weighted by Crippen LogP contribution is -2.41. The summed E-state index contributed by atoms with van der Waals surface area (Å²) in [4.78, 5) is 4.40. The Bertz CT molecular complexity index is 374. The molecule has 1 aromatic rings.